The van der Waals surface area contributed by atoms with Crippen LogP contribution >= 0.6 is 23.1 Å². The third-order valence-electron chi connectivity index (χ3n) is 3.91. The number of aromatic nitrogens is 2. The number of nitrogens with one attached hydrogen (secondary N) is 1. The summed E-state index contributed by atoms with van der Waals surface area (Å²) in [5.74, 6) is -1.50. The van der Waals surface area contributed by atoms with Crippen LogP contribution in [0.1, 0.15) is 26.7 Å². The summed E-state index contributed by atoms with van der Waals surface area (Å²) in [6, 6.07) is 3.31. The number of benzene rings is 1. The van der Waals surface area contributed by atoms with Crippen LogP contribution in [0.4, 0.5) is 20.9 Å². The van der Waals surface area contributed by atoms with E-state index in [1.54, 1.807) is 11.8 Å². The number of amides is 2. The predicted molar refractivity (Wildman–Crippen MR) is 103 cm³/mol. The minimum atomic E-state index is -0.975. The van der Waals surface area contributed by atoms with Crippen molar-refractivity contribution < 1.29 is 18.9 Å². The lowest BCUT2D eigenvalue weighted by molar-refractivity contribution is -0.387. The van der Waals surface area contributed by atoms with Gasteiger partial charge in [-0.3, -0.25) is 24.6 Å². The van der Waals surface area contributed by atoms with Gasteiger partial charge in [-0.1, -0.05) is 23.1 Å². The van der Waals surface area contributed by atoms with Crippen LogP contribution in [0.5, 0.6) is 0 Å². The number of carbonyl (C=O) groups excluding carboxylic acids is 2. The van der Waals surface area contributed by atoms with Gasteiger partial charge in [0.05, 0.1) is 10.2 Å². The van der Waals surface area contributed by atoms with Gasteiger partial charge in [-0.25, -0.2) is 0 Å². The number of nitro groups is 1. The van der Waals surface area contributed by atoms with Gasteiger partial charge in [-0.05, 0) is 31.9 Å². The molecule has 12 heteroatoms. The third-order valence-corrected chi connectivity index (χ3v) is 6.02. The Kier molecular flexibility index (Phi) is 5.89. The molecule has 1 unspecified atom stereocenters. The molecule has 148 valence electrons. The molecular weight excluding hydrogens is 409 g/mol. The summed E-state index contributed by atoms with van der Waals surface area (Å²) < 4.78 is 13.9. The predicted octanol–water partition coefficient (Wildman–Crippen LogP) is 3.22. The van der Waals surface area contributed by atoms with E-state index in [-0.39, 0.29) is 17.6 Å². The van der Waals surface area contributed by atoms with Gasteiger partial charge in [0.25, 0.3) is 0 Å². The van der Waals surface area contributed by atoms with Gasteiger partial charge < -0.3 is 5.32 Å². The maximum Gasteiger partial charge on any atom is 0.306 e. The normalized spacial score (nSPS) is 14.4. The zero-order chi connectivity index (χ0) is 20.4. The second kappa shape index (κ2) is 8.19. The molecule has 0 spiro atoms. The van der Waals surface area contributed by atoms with Gasteiger partial charge in [0.1, 0.15) is 0 Å². The molecule has 0 saturated heterocycles. The van der Waals surface area contributed by atoms with E-state index >= 15 is 0 Å². The van der Waals surface area contributed by atoms with Crippen LogP contribution in [0.2, 0.25) is 0 Å². The van der Waals surface area contributed by atoms with Crippen LogP contribution in [-0.4, -0.2) is 38.2 Å². The van der Waals surface area contributed by atoms with E-state index in [0.717, 1.165) is 36.7 Å². The van der Waals surface area contributed by atoms with Crippen molar-refractivity contribution in [3.63, 3.8) is 0 Å². The molecule has 1 atom stereocenters. The van der Waals surface area contributed by atoms with Crippen molar-refractivity contribution in [3.8, 4) is 0 Å². The molecule has 2 aromatic rings. The number of hydrogen-bond donors (Lipinski definition) is 1. The lowest BCUT2D eigenvalue weighted by Gasteiger charge is -2.15. The molecule has 28 heavy (non-hydrogen) atoms. The van der Waals surface area contributed by atoms with E-state index < -0.39 is 27.6 Å². The SMILES string of the molecule is CC(=O)N(c1nnc(SC(C)C(=O)Nc2ccc(F)c([N+](=O)[O-])c2)s1)C1CC1. The number of rotatable bonds is 7. The molecule has 1 fully saturated rings. The Balaban J connectivity index is 1.64. The zero-order valence-corrected chi connectivity index (χ0v) is 16.6. The third kappa shape index (κ3) is 4.62. The van der Waals surface area contributed by atoms with Gasteiger partial charge in [0.15, 0.2) is 4.34 Å². The molecule has 1 saturated carbocycles. The average Bonchev–Trinajstić information content (AvgIpc) is 3.35. The zero-order valence-electron chi connectivity index (χ0n) is 14.9. The number of nitrogens with zero attached hydrogens (tertiary/aromatic N) is 4. The molecule has 1 aliphatic carbocycles. The average molecular weight is 425 g/mol. The van der Waals surface area contributed by atoms with Crippen molar-refractivity contribution in [1.29, 1.82) is 0 Å². The van der Waals surface area contributed by atoms with Crippen molar-refractivity contribution in [2.45, 2.75) is 42.3 Å². The molecule has 1 aromatic carbocycles. The smallest absolute Gasteiger partial charge is 0.306 e. The standard InChI is InChI=1S/C16H16FN5O4S2/c1-8(14(24)18-10-3-6-12(17)13(7-10)22(25)26)27-16-20-19-15(28-16)21(9(2)23)11-4-5-11/h3,6-8,11H,4-5H2,1-2H3,(H,18,24). The molecule has 3 rings (SSSR count). The van der Waals surface area contributed by atoms with Gasteiger partial charge in [-0.15, -0.1) is 10.2 Å². The van der Waals surface area contributed by atoms with E-state index in [4.69, 9.17) is 0 Å². The summed E-state index contributed by atoms with van der Waals surface area (Å²) in [6.45, 7) is 3.12. The van der Waals surface area contributed by atoms with Crippen molar-refractivity contribution in [2.75, 3.05) is 10.2 Å². The second-order valence-electron chi connectivity index (χ2n) is 6.14. The lowest BCUT2D eigenvalue weighted by atomic mass is 10.2. The highest BCUT2D eigenvalue weighted by Gasteiger charge is 2.34. The topological polar surface area (TPSA) is 118 Å². The van der Waals surface area contributed by atoms with Crippen LogP contribution in [0.25, 0.3) is 0 Å². The second-order valence-corrected chi connectivity index (χ2v) is 8.69. The number of halogens is 1. The van der Waals surface area contributed by atoms with Crippen molar-refractivity contribution in [3.05, 3.63) is 34.1 Å². The van der Waals surface area contributed by atoms with E-state index in [1.807, 2.05) is 0 Å². The highest BCUT2D eigenvalue weighted by atomic mass is 32.2. The molecule has 0 radical (unpaired) electrons. The fourth-order valence-corrected chi connectivity index (χ4v) is 4.51. The number of carbonyl (C=O) groups is 2. The van der Waals surface area contributed by atoms with Gasteiger partial charge in [0.2, 0.25) is 22.8 Å². The summed E-state index contributed by atoms with van der Waals surface area (Å²) in [5.41, 5.74) is -0.587. The van der Waals surface area contributed by atoms with E-state index in [0.29, 0.717) is 9.47 Å². The molecule has 1 aliphatic rings. The number of thioether (sulfide) groups is 1. The first kappa shape index (κ1) is 20.1. The highest BCUT2D eigenvalue weighted by molar-refractivity contribution is 8.02. The van der Waals surface area contributed by atoms with Gasteiger partial charge in [0, 0.05) is 24.7 Å². The first-order chi connectivity index (χ1) is 13.3. The Morgan fingerprint density at radius 2 is 2.14 bits per heavy atom. The highest BCUT2D eigenvalue weighted by Crippen LogP contribution is 2.37. The molecule has 0 bridgehead atoms. The van der Waals surface area contributed by atoms with Crippen LogP contribution in [0.15, 0.2) is 22.5 Å². The van der Waals surface area contributed by atoms with Crippen LogP contribution in [0, 0.1) is 15.9 Å². The Morgan fingerprint density at radius 3 is 2.75 bits per heavy atom. The molecule has 1 heterocycles. The van der Waals surface area contributed by atoms with Gasteiger partial charge in [-0.2, -0.15) is 4.39 Å². The van der Waals surface area contributed by atoms with Crippen LogP contribution in [-0.2, 0) is 9.59 Å². The van der Waals surface area contributed by atoms with Crippen LogP contribution in [0.3, 0.4) is 0 Å². The number of hydrogen-bond acceptors (Lipinski definition) is 8. The molecule has 9 nitrogen and oxygen atoms in total. The lowest BCUT2D eigenvalue weighted by Crippen LogP contribution is -2.30. The van der Waals surface area contributed by atoms with E-state index in [2.05, 4.69) is 15.5 Å². The fraction of sp³-hybridized carbons (Fsp3) is 0.375. The minimum absolute atomic E-state index is 0.0982. The van der Waals surface area contributed by atoms with E-state index in [1.165, 1.54) is 24.3 Å². The van der Waals surface area contributed by atoms with E-state index in [9.17, 15) is 24.1 Å². The van der Waals surface area contributed by atoms with Gasteiger partial charge >= 0.3 is 5.69 Å². The first-order valence-corrected chi connectivity index (χ1v) is 10.0. The van der Waals surface area contributed by atoms with Crippen molar-refractivity contribution in [2.24, 2.45) is 0 Å². The van der Waals surface area contributed by atoms with Crippen molar-refractivity contribution in [1.82, 2.24) is 10.2 Å². The maximum atomic E-state index is 13.4. The molecule has 0 aliphatic heterocycles. The minimum Gasteiger partial charge on any atom is -0.325 e. The largest absolute Gasteiger partial charge is 0.325 e. The summed E-state index contributed by atoms with van der Waals surface area (Å²) in [7, 11) is 0. The van der Waals surface area contributed by atoms with Crippen molar-refractivity contribution >= 4 is 51.4 Å². The Bertz CT molecular complexity index is 934. The Labute approximate surface area is 167 Å². The summed E-state index contributed by atoms with van der Waals surface area (Å²) in [6.07, 6.45) is 1.87. The molecule has 1 aromatic heterocycles. The number of anilines is 2. The first-order valence-electron chi connectivity index (χ1n) is 8.31. The summed E-state index contributed by atoms with van der Waals surface area (Å²) in [5, 5.41) is 21.3. The quantitative estimate of drug-likeness (QED) is 0.313. The Hall–Kier alpha value is -2.60. The fourth-order valence-electron chi connectivity index (χ4n) is 2.41. The summed E-state index contributed by atoms with van der Waals surface area (Å²) in [4.78, 5) is 35.7. The maximum absolute atomic E-state index is 13.4. The Morgan fingerprint density at radius 1 is 1.43 bits per heavy atom. The monoisotopic (exact) mass is 425 g/mol. The molecule has 1 N–H and O–H groups in total. The summed E-state index contributed by atoms with van der Waals surface area (Å²) >= 11 is 2.38. The number of nitro benzene ring substituents is 1. The van der Waals surface area contributed by atoms with Crippen LogP contribution < -0.4 is 10.2 Å². The molecular formula is C16H16FN5O4S2. The molecule has 2 amide bonds.